The first kappa shape index (κ1) is 10.7. The average molecular weight is 168 g/mol. The zero-order chi connectivity index (χ0) is 9.61. The first-order valence-electron chi connectivity index (χ1n) is 3.54. The molecule has 0 rings (SSSR count). The van der Waals surface area contributed by atoms with E-state index in [2.05, 4.69) is 4.85 Å². The average Bonchev–Trinajstić information content (AvgIpc) is 1.98. The third-order valence-electron chi connectivity index (χ3n) is 1.33. The third-order valence-corrected chi connectivity index (χ3v) is 1.33. The van der Waals surface area contributed by atoms with E-state index >= 15 is 0 Å². The van der Waals surface area contributed by atoms with Gasteiger partial charge in [0, 0.05) is 6.42 Å². The summed E-state index contributed by atoms with van der Waals surface area (Å²) in [5.41, 5.74) is 4.06. The van der Waals surface area contributed by atoms with Gasteiger partial charge in [-0.15, -0.1) is 0 Å². The Kier molecular flexibility index (Phi) is 4.02. The van der Waals surface area contributed by atoms with Crippen LogP contribution in [-0.2, 0) is 4.79 Å². The molecule has 0 aliphatic heterocycles. The van der Waals surface area contributed by atoms with Crippen molar-refractivity contribution in [1.82, 2.24) is 0 Å². The summed E-state index contributed by atoms with van der Waals surface area (Å²) in [5, 5.41) is 8.56. The Labute approximate surface area is 71.5 Å². The zero-order valence-corrected chi connectivity index (χ0v) is 6.95. The largest absolute Gasteiger partial charge is 0.480 e. The zero-order valence-electron chi connectivity index (χ0n) is 6.95. The van der Waals surface area contributed by atoms with Gasteiger partial charge in [-0.05, 0) is 6.92 Å². The fourth-order valence-corrected chi connectivity index (χ4v) is 0.539. The highest BCUT2D eigenvalue weighted by Gasteiger charge is 2.23. The van der Waals surface area contributed by atoms with Crippen LogP contribution in [0.25, 0.3) is 4.85 Å². The van der Waals surface area contributed by atoms with Gasteiger partial charge >= 0.3 is 5.97 Å². The van der Waals surface area contributed by atoms with Crippen molar-refractivity contribution in [2.24, 2.45) is 5.73 Å². The topological polar surface area (TPSA) is 67.7 Å². The van der Waals surface area contributed by atoms with Crippen molar-refractivity contribution < 1.29 is 9.90 Å². The molecule has 0 aromatic carbocycles. The SMILES string of the molecule is [C-]#[N+]CC/C=C\C(C)(N)C(=O)O. The van der Waals surface area contributed by atoms with Crippen LogP contribution in [-0.4, -0.2) is 23.2 Å². The Bertz CT molecular complexity index is 226. The molecule has 4 nitrogen and oxygen atoms in total. The fourth-order valence-electron chi connectivity index (χ4n) is 0.539. The maximum atomic E-state index is 10.4. The Morgan fingerprint density at radius 2 is 2.42 bits per heavy atom. The summed E-state index contributed by atoms with van der Waals surface area (Å²) in [5.74, 6) is -1.07. The maximum absolute atomic E-state index is 10.4. The van der Waals surface area contributed by atoms with E-state index in [1.807, 2.05) is 0 Å². The van der Waals surface area contributed by atoms with Crippen LogP contribution in [0.15, 0.2) is 12.2 Å². The van der Waals surface area contributed by atoms with E-state index < -0.39 is 11.5 Å². The van der Waals surface area contributed by atoms with Gasteiger partial charge in [0.25, 0.3) is 0 Å². The summed E-state index contributed by atoms with van der Waals surface area (Å²) in [4.78, 5) is 13.6. The molecule has 12 heavy (non-hydrogen) atoms. The molecule has 0 spiro atoms. The van der Waals surface area contributed by atoms with E-state index in [0.717, 1.165) is 0 Å². The van der Waals surface area contributed by atoms with Gasteiger partial charge in [0.1, 0.15) is 5.54 Å². The Hall–Kier alpha value is -1.34. The molecular weight excluding hydrogens is 156 g/mol. The predicted octanol–water partition coefficient (Wildman–Crippen LogP) is 0.654. The summed E-state index contributed by atoms with van der Waals surface area (Å²) in [6.45, 7) is 8.24. The molecule has 0 radical (unpaired) electrons. The van der Waals surface area contributed by atoms with E-state index in [9.17, 15) is 4.79 Å². The minimum atomic E-state index is -1.32. The first-order chi connectivity index (χ1) is 5.50. The molecule has 0 bridgehead atoms. The van der Waals surface area contributed by atoms with E-state index in [4.69, 9.17) is 17.4 Å². The summed E-state index contributed by atoms with van der Waals surface area (Å²) >= 11 is 0. The van der Waals surface area contributed by atoms with E-state index in [-0.39, 0.29) is 0 Å². The monoisotopic (exact) mass is 168 g/mol. The molecular formula is C8H12N2O2. The van der Waals surface area contributed by atoms with E-state index in [1.54, 1.807) is 6.08 Å². The number of nitrogens with two attached hydrogens (primary N) is 1. The van der Waals surface area contributed by atoms with Gasteiger partial charge in [-0.2, -0.15) is 0 Å². The van der Waals surface area contributed by atoms with Crippen LogP contribution < -0.4 is 5.73 Å². The second-order valence-corrected chi connectivity index (χ2v) is 2.66. The summed E-state index contributed by atoms with van der Waals surface area (Å²) in [7, 11) is 0. The van der Waals surface area contributed by atoms with E-state index in [0.29, 0.717) is 13.0 Å². The Balaban J connectivity index is 3.98. The highest BCUT2D eigenvalue weighted by atomic mass is 16.4. The van der Waals surface area contributed by atoms with Crippen LogP contribution in [0, 0.1) is 6.57 Å². The number of rotatable bonds is 4. The van der Waals surface area contributed by atoms with Crippen molar-refractivity contribution in [2.45, 2.75) is 18.9 Å². The van der Waals surface area contributed by atoms with Crippen molar-refractivity contribution in [3.8, 4) is 0 Å². The normalized spacial score (nSPS) is 15.4. The molecule has 1 unspecified atom stereocenters. The first-order valence-corrected chi connectivity index (χ1v) is 3.54. The highest BCUT2D eigenvalue weighted by molar-refractivity contribution is 5.80. The van der Waals surface area contributed by atoms with Gasteiger partial charge in [-0.1, -0.05) is 12.2 Å². The predicted molar refractivity (Wildman–Crippen MR) is 45.5 cm³/mol. The van der Waals surface area contributed by atoms with Crippen molar-refractivity contribution in [1.29, 1.82) is 0 Å². The van der Waals surface area contributed by atoms with Crippen LogP contribution in [0.1, 0.15) is 13.3 Å². The molecule has 0 aliphatic rings. The summed E-state index contributed by atoms with van der Waals surface area (Å²) < 4.78 is 0. The number of carbonyl (C=O) groups is 1. The molecule has 0 saturated carbocycles. The fraction of sp³-hybridized carbons (Fsp3) is 0.500. The maximum Gasteiger partial charge on any atom is 0.327 e. The van der Waals surface area contributed by atoms with Crippen molar-refractivity contribution in [3.63, 3.8) is 0 Å². The van der Waals surface area contributed by atoms with Crippen LogP contribution in [0.5, 0.6) is 0 Å². The minimum Gasteiger partial charge on any atom is -0.480 e. The van der Waals surface area contributed by atoms with Crippen LogP contribution in [0.2, 0.25) is 0 Å². The van der Waals surface area contributed by atoms with Gasteiger partial charge in [0.2, 0.25) is 6.54 Å². The molecule has 66 valence electrons. The van der Waals surface area contributed by atoms with Crippen LogP contribution in [0.4, 0.5) is 0 Å². The molecule has 0 aromatic heterocycles. The summed E-state index contributed by atoms with van der Waals surface area (Å²) in [6, 6.07) is 0. The Morgan fingerprint density at radius 3 is 2.83 bits per heavy atom. The number of nitrogens with zero attached hydrogens (tertiary/aromatic N) is 1. The van der Waals surface area contributed by atoms with E-state index in [1.165, 1.54) is 13.0 Å². The number of carboxylic acid groups (broad SMARTS) is 1. The molecule has 4 heteroatoms. The van der Waals surface area contributed by atoms with Gasteiger partial charge in [-0.3, -0.25) is 0 Å². The van der Waals surface area contributed by atoms with Gasteiger partial charge in [0.05, 0.1) is 0 Å². The number of carboxylic acids is 1. The smallest absolute Gasteiger partial charge is 0.327 e. The Morgan fingerprint density at radius 1 is 1.83 bits per heavy atom. The van der Waals surface area contributed by atoms with Crippen LogP contribution in [0.3, 0.4) is 0 Å². The lowest BCUT2D eigenvalue weighted by Crippen LogP contribution is -2.42. The molecule has 0 amide bonds. The molecule has 3 N–H and O–H groups in total. The molecule has 0 aliphatic carbocycles. The van der Waals surface area contributed by atoms with Crippen molar-refractivity contribution in [3.05, 3.63) is 23.6 Å². The van der Waals surface area contributed by atoms with Gasteiger partial charge in [0.15, 0.2) is 0 Å². The third kappa shape index (κ3) is 3.74. The van der Waals surface area contributed by atoms with Crippen LogP contribution >= 0.6 is 0 Å². The van der Waals surface area contributed by atoms with Crippen molar-refractivity contribution in [2.75, 3.05) is 6.54 Å². The lowest BCUT2D eigenvalue weighted by atomic mass is 10.0. The number of hydrogen-bond donors (Lipinski definition) is 2. The lowest BCUT2D eigenvalue weighted by molar-refractivity contribution is -0.140. The number of aliphatic carboxylic acids is 1. The quantitative estimate of drug-likeness (QED) is 0.368. The lowest BCUT2D eigenvalue weighted by Gasteiger charge is -2.12. The molecule has 0 heterocycles. The second-order valence-electron chi connectivity index (χ2n) is 2.66. The molecule has 0 saturated heterocycles. The molecule has 1 atom stereocenters. The second kappa shape index (κ2) is 4.52. The minimum absolute atomic E-state index is 0.367. The van der Waals surface area contributed by atoms with Gasteiger partial charge < -0.3 is 15.7 Å². The number of hydrogen-bond acceptors (Lipinski definition) is 2. The highest BCUT2D eigenvalue weighted by Crippen LogP contribution is 2.01. The standard InChI is InChI=1S/C8H12N2O2/c1-8(9,7(11)12)5-3-4-6-10-2/h3,5H,4,6,9H2,1H3,(H,11,12)/b5-3-. The van der Waals surface area contributed by atoms with Crippen molar-refractivity contribution >= 4 is 5.97 Å². The molecule has 0 fully saturated rings. The molecule has 0 aromatic rings. The van der Waals surface area contributed by atoms with Gasteiger partial charge in [-0.25, -0.2) is 11.4 Å². The summed E-state index contributed by atoms with van der Waals surface area (Å²) in [6.07, 6.45) is 3.57.